The Labute approximate surface area is 209 Å². The third-order valence-corrected chi connectivity index (χ3v) is 6.99. The number of nitrogens with zero attached hydrogens (tertiary/aromatic N) is 2. The SMILES string of the molecule is CSC1=NN=C(C(C)Oc2ccc(C(C)(C)c3cc(Cl)c(OCCCCl)c(Cl)c3)cc2)C1. The maximum atomic E-state index is 6.49. The summed E-state index contributed by atoms with van der Waals surface area (Å²) in [7, 11) is 0. The molecule has 1 unspecified atom stereocenters. The largest absolute Gasteiger partial charge is 0.490 e. The molecule has 0 amide bonds. The van der Waals surface area contributed by atoms with Crippen molar-refractivity contribution in [1.29, 1.82) is 0 Å². The second-order valence-corrected chi connectivity index (χ2v) is 10.1. The normalized spacial score (nSPS) is 14.7. The van der Waals surface area contributed by atoms with Crippen LogP contribution in [0.15, 0.2) is 46.6 Å². The summed E-state index contributed by atoms with van der Waals surface area (Å²) in [5, 5.41) is 10.4. The number of ether oxygens (including phenoxy) is 2. The van der Waals surface area contributed by atoms with E-state index in [1.807, 2.05) is 37.4 Å². The number of hydrogen-bond acceptors (Lipinski definition) is 5. The van der Waals surface area contributed by atoms with Crippen molar-refractivity contribution >= 4 is 57.3 Å². The van der Waals surface area contributed by atoms with E-state index in [0.717, 1.165) is 40.5 Å². The summed E-state index contributed by atoms with van der Waals surface area (Å²) in [6, 6.07) is 11.9. The standard InChI is InChI=1S/C24H27Cl3N2O2S/c1-15(21-14-22(32-4)29-28-21)31-18-8-6-16(7-9-18)24(2,3)17-12-19(26)23(20(27)13-17)30-11-5-10-25/h6-9,12-13,15H,5,10-11,14H2,1-4H3. The van der Waals surface area contributed by atoms with Crippen LogP contribution >= 0.6 is 46.6 Å². The second kappa shape index (κ2) is 11.1. The van der Waals surface area contributed by atoms with Gasteiger partial charge in [0.05, 0.1) is 22.4 Å². The fourth-order valence-corrected chi connectivity index (χ4v) is 4.48. The van der Waals surface area contributed by atoms with Crippen molar-refractivity contribution in [3.05, 3.63) is 57.6 Å². The molecule has 8 heteroatoms. The van der Waals surface area contributed by atoms with Crippen molar-refractivity contribution in [2.75, 3.05) is 18.7 Å². The fourth-order valence-electron chi connectivity index (χ4n) is 3.36. The van der Waals surface area contributed by atoms with Gasteiger partial charge in [0.15, 0.2) is 5.75 Å². The Bertz CT molecular complexity index is 984. The predicted octanol–water partition coefficient (Wildman–Crippen LogP) is 7.62. The molecular formula is C24H27Cl3N2O2S. The summed E-state index contributed by atoms with van der Waals surface area (Å²) >= 11 is 20.3. The summed E-state index contributed by atoms with van der Waals surface area (Å²) < 4.78 is 11.8. The van der Waals surface area contributed by atoms with Crippen molar-refractivity contribution in [3.63, 3.8) is 0 Å². The Morgan fingerprint density at radius 2 is 1.72 bits per heavy atom. The van der Waals surface area contributed by atoms with E-state index >= 15 is 0 Å². The zero-order chi connectivity index (χ0) is 23.3. The average Bonchev–Trinajstić information content (AvgIpc) is 3.25. The van der Waals surface area contributed by atoms with Crippen molar-refractivity contribution in [2.24, 2.45) is 10.2 Å². The number of thioether (sulfide) groups is 1. The van der Waals surface area contributed by atoms with E-state index < -0.39 is 0 Å². The summed E-state index contributed by atoms with van der Waals surface area (Å²) in [6.07, 6.45) is 3.35. The highest BCUT2D eigenvalue weighted by molar-refractivity contribution is 8.13. The Balaban J connectivity index is 1.72. The van der Waals surface area contributed by atoms with E-state index in [-0.39, 0.29) is 11.5 Å². The molecule has 0 fully saturated rings. The van der Waals surface area contributed by atoms with Crippen LogP contribution in [-0.4, -0.2) is 35.6 Å². The first-order chi connectivity index (χ1) is 15.3. The molecule has 1 atom stereocenters. The summed E-state index contributed by atoms with van der Waals surface area (Å²) in [6.45, 7) is 6.74. The van der Waals surface area contributed by atoms with Gasteiger partial charge in [0.1, 0.15) is 16.9 Å². The molecule has 0 aliphatic carbocycles. The highest BCUT2D eigenvalue weighted by Crippen LogP contribution is 2.40. The molecule has 0 aromatic heterocycles. The molecule has 0 radical (unpaired) electrons. The van der Waals surface area contributed by atoms with Crippen LogP contribution < -0.4 is 9.47 Å². The Hall–Kier alpha value is -1.40. The van der Waals surface area contributed by atoms with Gasteiger partial charge in [-0.25, -0.2) is 0 Å². The summed E-state index contributed by atoms with van der Waals surface area (Å²) in [5.74, 6) is 1.81. The van der Waals surface area contributed by atoms with Gasteiger partial charge in [0.2, 0.25) is 0 Å². The molecule has 172 valence electrons. The first-order valence-electron chi connectivity index (χ1n) is 10.4. The van der Waals surface area contributed by atoms with E-state index in [1.54, 1.807) is 11.8 Å². The lowest BCUT2D eigenvalue weighted by atomic mass is 9.78. The average molecular weight is 514 g/mol. The fraction of sp³-hybridized carbons (Fsp3) is 0.417. The molecule has 1 aliphatic rings. The minimum Gasteiger partial charge on any atom is -0.490 e. The Morgan fingerprint density at radius 3 is 2.28 bits per heavy atom. The highest BCUT2D eigenvalue weighted by Gasteiger charge is 2.26. The summed E-state index contributed by atoms with van der Waals surface area (Å²) in [5.41, 5.74) is 2.74. The molecule has 0 N–H and O–H groups in total. The van der Waals surface area contributed by atoms with Crippen molar-refractivity contribution in [3.8, 4) is 11.5 Å². The number of alkyl halides is 1. The molecule has 0 saturated carbocycles. The smallest absolute Gasteiger partial charge is 0.156 e. The Kier molecular flexibility index (Phi) is 8.79. The molecular weight excluding hydrogens is 487 g/mol. The van der Waals surface area contributed by atoms with E-state index in [4.69, 9.17) is 44.3 Å². The minimum absolute atomic E-state index is 0.133. The number of hydrogen-bond donors (Lipinski definition) is 0. The lowest BCUT2D eigenvalue weighted by Crippen LogP contribution is -2.23. The lowest BCUT2D eigenvalue weighted by molar-refractivity contribution is 0.285. The molecule has 1 aliphatic heterocycles. The predicted molar refractivity (Wildman–Crippen MR) is 139 cm³/mol. The van der Waals surface area contributed by atoms with Crippen LogP contribution in [0.2, 0.25) is 10.0 Å². The third-order valence-electron chi connectivity index (χ3n) is 5.46. The van der Waals surface area contributed by atoms with Gasteiger partial charge >= 0.3 is 0 Å². The van der Waals surface area contributed by atoms with Crippen LogP contribution in [0.4, 0.5) is 0 Å². The van der Waals surface area contributed by atoms with E-state index in [9.17, 15) is 0 Å². The minimum atomic E-state index is -0.317. The van der Waals surface area contributed by atoms with Crippen molar-refractivity contribution < 1.29 is 9.47 Å². The maximum Gasteiger partial charge on any atom is 0.156 e. The quantitative estimate of drug-likeness (QED) is 0.256. The van der Waals surface area contributed by atoms with Crippen LogP contribution in [0.25, 0.3) is 0 Å². The third kappa shape index (κ3) is 5.93. The first-order valence-corrected chi connectivity index (χ1v) is 12.9. The van der Waals surface area contributed by atoms with Gasteiger partial charge in [-0.05, 0) is 55.0 Å². The van der Waals surface area contributed by atoms with Gasteiger partial charge in [-0.15, -0.1) is 28.5 Å². The van der Waals surface area contributed by atoms with Crippen molar-refractivity contribution in [1.82, 2.24) is 0 Å². The van der Waals surface area contributed by atoms with Crippen LogP contribution in [0.5, 0.6) is 11.5 Å². The van der Waals surface area contributed by atoms with E-state index in [1.165, 1.54) is 0 Å². The molecule has 4 nitrogen and oxygen atoms in total. The molecule has 2 aromatic carbocycles. The summed E-state index contributed by atoms with van der Waals surface area (Å²) in [4.78, 5) is 0. The molecule has 1 heterocycles. The molecule has 0 saturated heterocycles. The number of rotatable bonds is 9. The molecule has 3 rings (SSSR count). The van der Waals surface area contributed by atoms with Crippen molar-refractivity contribution in [2.45, 2.75) is 45.1 Å². The van der Waals surface area contributed by atoms with E-state index in [0.29, 0.717) is 28.3 Å². The van der Waals surface area contributed by atoms with Gasteiger partial charge in [-0.2, -0.15) is 5.10 Å². The van der Waals surface area contributed by atoms with Crippen LogP contribution in [0, 0.1) is 0 Å². The molecule has 0 spiro atoms. The van der Waals surface area contributed by atoms with Crippen LogP contribution in [-0.2, 0) is 5.41 Å². The van der Waals surface area contributed by atoms with Crippen LogP contribution in [0.1, 0.15) is 44.7 Å². The molecule has 0 bridgehead atoms. The second-order valence-electron chi connectivity index (χ2n) is 8.04. The van der Waals surface area contributed by atoms with Gasteiger partial charge in [-0.1, -0.05) is 49.2 Å². The zero-order valence-corrected chi connectivity index (χ0v) is 21.7. The zero-order valence-electron chi connectivity index (χ0n) is 18.6. The lowest BCUT2D eigenvalue weighted by Gasteiger charge is -2.27. The van der Waals surface area contributed by atoms with Crippen LogP contribution in [0.3, 0.4) is 0 Å². The van der Waals surface area contributed by atoms with Gasteiger partial charge in [0.25, 0.3) is 0 Å². The van der Waals surface area contributed by atoms with Gasteiger partial charge in [0, 0.05) is 17.7 Å². The Morgan fingerprint density at radius 1 is 1.06 bits per heavy atom. The van der Waals surface area contributed by atoms with Gasteiger partial charge in [-0.3, -0.25) is 0 Å². The highest BCUT2D eigenvalue weighted by atomic mass is 35.5. The van der Waals surface area contributed by atoms with E-state index in [2.05, 4.69) is 36.2 Å². The number of halogens is 3. The van der Waals surface area contributed by atoms with Gasteiger partial charge < -0.3 is 9.47 Å². The molecule has 32 heavy (non-hydrogen) atoms. The number of benzene rings is 2. The topological polar surface area (TPSA) is 43.2 Å². The molecule has 2 aromatic rings. The monoisotopic (exact) mass is 512 g/mol. The first kappa shape index (κ1) is 25.2. The maximum absolute atomic E-state index is 6.49.